The van der Waals surface area contributed by atoms with Crippen LogP contribution in [0.25, 0.3) is 10.1 Å². The van der Waals surface area contributed by atoms with Crippen LogP contribution in [0.2, 0.25) is 0 Å². The summed E-state index contributed by atoms with van der Waals surface area (Å²) in [4.78, 5) is 2.27. The fraction of sp³-hybridized carbons (Fsp3) is 0.448. The molecule has 1 aromatic heterocycles. The molecule has 0 spiro atoms. The molecule has 0 amide bonds. The van der Waals surface area contributed by atoms with Gasteiger partial charge in [-0.2, -0.15) is 13.2 Å². The Hall–Kier alpha value is -2.73. The molecule has 2 N–H and O–H groups in total. The van der Waals surface area contributed by atoms with Crippen molar-refractivity contribution in [1.29, 1.82) is 0 Å². The SMILES string of the molecule is CN1CC[C@H](Nc2cccc3c(CC(F)(F)F)c(C#CCNc4ccc(P(C)(C)=O)c5c4OCC5)sc23)[C@H](F)C1. The number of nitrogens with zero attached hydrogens (tertiary/aromatic N) is 1. The standard InChI is InChI=1S/C29H32F4N3O2PS/c1-36-14-11-22(21(30)17-36)35-24-7-4-6-18-20(16-29(31,32)33)26(40-28(18)24)8-5-13-34-23-9-10-25(39(2,3)37)19-12-15-38-27(19)23/h4,6-7,9-10,21-22,34-35H,11-17H2,1-3H3/t21-,22+/m1/s1. The van der Waals surface area contributed by atoms with Crippen LogP contribution in [0, 0.1) is 11.8 Å². The third-order valence-electron chi connectivity index (χ3n) is 7.26. The van der Waals surface area contributed by atoms with E-state index in [1.54, 1.807) is 31.5 Å². The lowest BCUT2D eigenvalue weighted by Gasteiger charge is -2.33. The fourth-order valence-electron chi connectivity index (χ4n) is 5.37. The number of fused-ring (bicyclic) bond motifs is 2. The Morgan fingerprint density at radius 3 is 2.73 bits per heavy atom. The Morgan fingerprint density at radius 2 is 2.00 bits per heavy atom. The first-order valence-corrected chi connectivity index (χ1v) is 16.6. The van der Waals surface area contributed by atoms with Crippen LogP contribution < -0.4 is 20.7 Å². The van der Waals surface area contributed by atoms with Gasteiger partial charge < -0.3 is 24.8 Å². The second kappa shape index (κ2) is 11.3. The largest absolute Gasteiger partial charge is 0.491 e. The van der Waals surface area contributed by atoms with Gasteiger partial charge in [-0.05, 0) is 55.9 Å². The molecular weight excluding hydrogens is 561 g/mol. The van der Waals surface area contributed by atoms with Crippen LogP contribution in [0.4, 0.5) is 28.9 Å². The van der Waals surface area contributed by atoms with E-state index in [4.69, 9.17) is 4.74 Å². The average Bonchev–Trinajstić information content (AvgIpc) is 3.48. The van der Waals surface area contributed by atoms with Crippen molar-refractivity contribution in [1.82, 2.24) is 4.90 Å². The van der Waals surface area contributed by atoms with Crippen LogP contribution in [0.3, 0.4) is 0 Å². The van der Waals surface area contributed by atoms with Crippen LogP contribution in [-0.2, 0) is 17.4 Å². The molecule has 3 aromatic rings. The number of thiophene rings is 1. The molecule has 214 valence electrons. The van der Waals surface area contributed by atoms with Crippen molar-refractivity contribution >= 4 is 45.2 Å². The van der Waals surface area contributed by atoms with Gasteiger partial charge in [0.15, 0.2) is 0 Å². The van der Waals surface area contributed by atoms with Crippen molar-refractivity contribution in [3.05, 3.63) is 46.3 Å². The van der Waals surface area contributed by atoms with Gasteiger partial charge in [0, 0.05) is 30.4 Å². The van der Waals surface area contributed by atoms with Gasteiger partial charge in [0.1, 0.15) is 19.1 Å². The molecule has 1 fully saturated rings. The van der Waals surface area contributed by atoms with Crippen molar-refractivity contribution in [3.8, 4) is 17.6 Å². The second-order valence-electron chi connectivity index (χ2n) is 10.7. The normalized spacial score (nSPS) is 19.6. The Balaban J connectivity index is 1.41. The van der Waals surface area contributed by atoms with Gasteiger partial charge in [-0.25, -0.2) is 4.39 Å². The van der Waals surface area contributed by atoms with Crippen LogP contribution in [0.5, 0.6) is 5.75 Å². The molecular formula is C29H32F4N3O2PS. The monoisotopic (exact) mass is 593 g/mol. The predicted octanol–water partition coefficient (Wildman–Crippen LogP) is 6.11. The van der Waals surface area contributed by atoms with E-state index in [1.807, 2.05) is 24.1 Å². The molecule has 5 nitrogen and oxygen atoms in total. The number of nitrogens with one attached hydrogen (secondary N) is 2. The molecule has 2 aromatic carbocycles. The van der Waals surface area contributed by atoms with Crippen molar-refractivity contribution in [3.63, 3.8) is 0 Å². The number of piperidine rings is 1. The minimum absolute atomic E-state index is 0.138. The first-order chi connectivity index (χ1) is 18.9. The van der Waals surface area contributed by atoms with Gasteiger partial charge in [0.25, 0.3) is 0 Å². The fourth-order valence-corrected chi connectivity index (χ4v) is 7.83. The number of likely N-dealkylation sites (tertiary alicyclic amines) is 1. The molecule has 11 heteroatoms. The van der Waals surface area contributed by atoms with Gasteiger partial charge >= 0.3 is 6.18 Å². The highest BCUT2D eigenvalue weighted by atomic mass is 32.1. The maximum absolute atomic E-state index is 14.7. The van der Waals surface area contributed by atoms with Crippen LogP contribution in [0.1, 0.15) is 22.4 Å². The molecule has 5 rings (SSSR count). The number of rotatable bonds is 6. The molecule has 0 bridgehead atoms. The lowest BCUT2D eigenvalue weighted by Crippen LogP contribution is -2.46. The van der Waals surface area contributed by atoms with Crippen molar-refractivity contribution in [2.75, 3.05) is 57.3 Å². The molecule has 3 heterocycles. The first kappa shape index (κ1) is 28.8. The number of benzene rings is 2. The smallest absolute Gasteiger partial charge is 0.393 e. The lowest BCUT2D eigenvalue weighted by molar-refractivity contribution is -0.126. The maximum atomic E-state index is 14.7. The van der Waals surface area contributed by atoms with E-state index < -0.39 is 32.0 Å². The maximum Gasteiger partial charge on any atom is 0.393 e. The van der Waals surface area contributed by atoms with Crippen molar-refractivity contribution in [2.45, 2.75) is 37.7 Å². The average molecular weight is 594 g/mol. The Kier molecular flexibility index (Phi) is 8.11. The zero-order valence-corrected chi connectivity index (χ0v) is 24.3. The van der Waals surface area contributed by atoms with E-state index in [9.17, 15) is 22.1 Å². The third kappa shape index (κ3) is 6.27. The van der Waals surface area contributed by atoms with Crippen molar-refractivity contribution in [2.24, 2.45) is 0 Å². The summed E-state index contributed by atoms with van der Waals surface area (Å²) in [6.07, 6.45) is -5.28. The summed E-state index contributed by atoms with van der Waals surface area (Å²) < 4.78 is 74.6. The lowest BCUT2D eigenvalue weighted by atomic mass is 10.0. The van der Waals surface area contributed by atoms with E-state index in [-0.39, 0.29) is 12.1 Å². The van der Waals surface area contributed by atoms with E-state index >= 15 is 0 Å². The summed E-state index contributed by atoms with van der Waals surface area (Å²) in [7, 11) is -0.594. The van der Waals surface area contributed by atoms with Gasteiger partial charge in [-0.3, -0.25) is 0 Å². The van der Waals surface area contributed by atoms with Gasteiger partial charge in [0.05, 0.1) is 46.6 Å². The van der Waals surface area contributed by atoms with Gasteiger partial charge in [0.2, 0.25) is 0 Å². The number of alkyl halides is 4. The van der Waals surface area contributed by atoms with E-state index in [1.165, 1.54) is 11.3 Å². The van der Waals surface area contributed by atoms with E-state index in [2.05, 4.69) is 22.5 Å². The van der Waals surface area contributed by atoms with Crippen LogP contribution in [0.15, 0.2) is 30.3 Å². The third-order valence-corrected chi connectivity index (χ3v) is 10.0. The Labute approximate surface area is 235 Å². The van der Waals surface area contributed by atoms with Crippen LogP contribution >= 0.6 is 18.5 Å². The molecule has 2 aliphatic rings. The zero-order chi connectivity index (χ0) is 28.7. The molecule has 2 aliphatic heterocycles. The molecule has 0 unspecified atom stereocenters. The Bertz CT molecular complexity index is 1520. The highest BCUT2D eigenvalue weighted by molar-refractivity contribution is 7.70. The topological polar surface area (TPSA) is 53.6 Å². The summed E-state index contributed by atoms with van der Waals surface area (Å²) in [5.74, 6) is 6.59. The van der Waals surface area contributed by atoms with Gasteiger partial charge in [-0.15, -0.1) is 11.3 Å². The number of hydrogen-bond acceptors (Lipinski definition) is 6. The van der Waals surface area contributed by atoms with Crippen molar-refractivity contribution < 1.29 is 26.9 Å². The van der Waals surface area contributed by atoms with E-state index in [0.717, 1.165) is 23.1 Å². The molecule has 0 aliphatic carbocycles. The predicted molar refractivity (Wildman–Crippen MR) is 156 cm³/mol. The summed E-state index contributed by atoms with van der Waals surface area (Å²) in [5.41, 5.74) is 2.42. The van der Waals surface area contributed by atoms with Gasteiger partial charge in [-0.1, -0.05) is 24.0 Å². The quantitative estimate of drug-likeness (QED) is 0.205. The zero-order valence-electron chi connectivity index (χ0n) is 22.6. The number of ether oxygens (including phenoxy) is 1. The summed E-state index contributed by atoms with van der Waals surface area (Å²) >= 11 is 1.20. The molecule has 40 heavy (non-hydrogen) atoms. The minimum Gasteiger partial charge on any atom is -0.491 e. The molecule has 0 radical (unpaired) electrons. The van der Waals surface area contributed by atoms with Crippen LogP contribution in [-0.4, -0.2) is 69.9 Å². The first-order valence-electron chi connectivity index (χ1n) is 13.2. The number of hydrogen-bond donors (Lipinski definition) is 2. The molecule has 1 saturated heterocycles. The molecule has 2 atom stereocenters. The summed E-state index contributed by atoms with van der Waals surface area (Å²) in [6, 6.07) is 8.42. The molecule has 0 saturated carbocycles. The Morgan fingerprint density at radius 1 is 1.20 bits per heavy atom. The number of anilines is 2. The summed E-state index contributed by atoms with van der Waals surface area (Å²) in [6.45, 7) is 5.21. The van der Waals surface area contributed by atoms with E-state index in [0.29, 0.717) is 52.4 Å². The summed E-state index contributed by atoms with van der Waals surface area (Å²) in [5, 5.41) is 7.76. The number of halogens is 4. The highest BCUT2D eigenvalue weighted by Gasteiger charge is 2.32. The minimum atomic E-state index is -4.40. The second-order valence-corrected chi connectivity index (χ2v) is 15.0. The highest BCUT2D eigenvalue weighted by Crippen LogP contribution is 2.43.